The maximum atomic E-state index is 13.2. The molecule has 1 fully saturated rings. The predicted molar refractivity (Wildman–Crippen MR) is 126 cm³/mol. The number of rotatable bonds is 4. The molecular weight excluding hydrogens is 440 g/mol. The number of aliphatic hydroxyl groups excluding tert-OH is 1. The molecule has 0 aliphatic carbocycles. The lowest BCUT2D eigenvalue weighted by Gasteiger charge is -2.20. The molecule has 1 aliphatic heterocycles. The van der Waals surface area contributed by atoms with Crippen LogP contribution in [0.1, 0.15) is 28.5 Å². The van der Waals surface area contributed by atoms with Crippen molar-refractivity contribution in [1.29, 1.82) is 0 Å². The van der Waals surface area contributed by atoms with Gasteiger partial charge in [0.15, 0.2) is 5.13 Å². The number of furan rings is 1. The van der Waals surface area contributed by atoms with Gasteiger partial charge < -0.3 is 14.3 Å². The van der Waals surface area contributed by atoms with Crippen molar-refractivity contribution in [2.75, 3.05) is 12.0 Å². The van der Waals surface area contributed by atoms with Gasteiger partial charge in [-0.1, -0.05) is 29.0 Å². The molecule has 2 aromatic heterocycles. The molecule has 1 N–H and O–H groups in total. The number of Topliss-reactive ketones (excluding diaryl/α,β-unsaturated/α-hetero) is 1. The first kappa shape index (κ1) is 21.0. The summed E-state index contributed by atoms with van der Waals surface area (Å²) in [5.41, 5.74) is 2.85. The molecule has 4 aromatic rings. The summed E-state index contributed by atoms with van der Waals surface area (Å²) in [6.45, 7) is 3.74. The highest BCUT2D eigenvalue weighted by atomic mass is 32.1. The largest absolute Gasteiger partial charge is 0.507 e. The van der Waals surface area contributed by atoms with E-state index in [-0.39, 0.29) is 11.3 Å². The molecule has 33 heavy (non-hydrogen) atoms. The number of carbonyl (C=O) groups excluding carboxylic acids is 2. The Morgan fingerprint density at radius 1 is 1.15 bits per heavy atom. The summed E-state index contributed by atoms with van der Waals surface area (Å²) in [5.74, 6) is -0.766. The number of aromatic nitrogens is 1. The van der Waals surface area contributed by atoms with Gasteiger partial charge in [0.2, 0.25) is 0 Å². The number of carbonyl (C=O) groups is 2. The number of fused-ring (bicyclic) bond motifs is 1. The number of nitrogens with zero attached hydrogens (tertiary/aromatic N) is 2. The SMILES string of the molecule is COc1ccc2nc(N3C(=O)C(=O)C(=C(O)c4cc(C)ccc4C)C3c3ccco3)sc2c1. The molecule has 3 heterocycles. The highest BCUT2D eigenvalue weighted by Gasteiger charge is 2.49. The average molecular weight is 461 g/mol. The molecule has 5 rings (SSSR count). The van der Waals surface area contributed by atoms with Gasteiger partial charge in [0.25, 0.3) is 5.78 Å². The first-order valence-electron chi connectivity index (χ1n) is 10.3. The molecule has 8 heteroatoms. The number of ketones is 1. The van der Waals surface area contributed by atoms with Crippen LogP contribution in [0.25, 0.3) is 16.0 Å². The van der Waals surface area contributed by atoms with Crippen LogP contribution in [0.4, 0.5) is 5.13 Å². The topological polar surface area (TPSA) is 92.9 Å². The number of benzene rings is 2. The summed E-state index contributed by atoms with van der Waals surface area (Å²) in [6, 6.07) is 13.4. The van der Waals surface area contributed by atoms with Crippen molar-refractivity contribution in [1.82, 2.24) is 4.98 Å². The number of hydrogen-bond acceptors (Lipinski definition) is 7. The van der Waals surface area contributed by atoms with Crippen molar-refractivity contribution >= 4 is 44.1 Å². The summed E-state index contributed by atoms with van der Waals surface area (Å²) in [5, 5.41) is 11.6. The van der Waals surface area contributed by atoms with E-state index in [0.29, 0.717) is 27.7 Å². The van der Waals surface area contributed by atoms with E-state index in [0.717, 1.165) is 15.8 Å². The number of aryl methyl sites for hydroxylation is 2. The van der Waals surface area contributed by atoms with Gasteiger partial charge in [-0.3, -0.25) is 14.5 Å². The van der Waals surface area contributed by atoms with E-state index in [4.69, 9.17) is 9.15 Å². The molecule has 1 aliphatic rings. The standard InChI is InChI=1S/C25H20N2O5S/c1-13-6-7-14(2)16(11-13)22(28)20-21(18-5-4-10-32-18)27(24(30)23(20)29)25-26-17-9-8-15(31-3)12-19(17)33-25/h4-12,21,28H,1-3H3. The van der Waals surface area contributed by atoms with E-state index in [1.54, 1.807) is 37.4 Å². The normalized spacial score (nSPS) is 17.8. The van der Waals surface area contributed by atoms with Gasteiger partial charge >= 0.3 is 5.91 Å². The molecule has 2 aromatic carbocycles. The fourth-order valence-electron chi connectivity index (χ4n) is 4.00. The second-order valence-corrected chi connectivity index (χ2v) is 8.84. The summed E-state index contributed by atoms with van der Waals surface area (Å²) < 4.78 is 11.7. The van der Waals surface area contributed by atoms with Crippen LogP contribution < -0.4 is 9.64 Å². The van der Waals surface area contributed by atoms with Crippen LogP contribution in [-0.2, 0) is 9.59 Å². The molecule has 0 bridgehead atoms. The Hall–Kier alpha value is -3.91. The Kier molecular flexibility index (Phi) is 5.02. The monoisotopic (exact) mass is 460 g/mol. The van der Waals surface area contributed by atoms with Gasteiger partial charge in [0, 0.05) is 5.56 Å². The van der Waals surface area contributed by atoms with Crippen molar-refractivity contribution in [3.8, 4) is 5.75 Å². The molecule has 0 radical (unpaired) electrons. The van der Waals surface area contributed by atoms with E-state index in [1.165, 1.54) is 22.5 Å². The smallest absolute Gasteiger partial charge is 0.302 e. The molecule has 1 amide bonds. The van der Waals surface area contributed by atoms with Crippen LogP contribution in [-0.4, -0.2) is 28.9 Å². The molecule has 1 saturated heterocycles. The Bertz CT molecular complexity index is 1430. The highest BCUT2D eigenvalue weighted by molar-refractivity contribution is 7.22. The van der Waals surface area contributed by atoms with E-state index < -0.39 is 17.7 Å². The van der Waals surface area contributed by atoms with Gasteiger partial charge in [-0.05, 0) is 55.8 Å². The zero-order valence-electron chi connectivity index (χ0n) is 18.2. The van der Waals surface area contributed by atoms with Gasteiger partial charge in [-0.15, -0.1) is 0 Å². The number of aliphatic hydroxyl groups is 1. The number of amides is 1. The fraction of sp³-hybridized carbons (Fsp3) is 0.160. The third-order valence-electron chi connectivity index (χ3n) is 5.70. The Morgan fingerprint density at radius 3 is 2.70 bits per heavy atom. The summed E-state index contributed by atoms with van der Waals surface area (Å²) >= 11 is 1.26. The zero-order valence-corrected chi connectivity index (χ0v) is 19.0. The zero-order chi connectivity index (χ0) is 23.3. The number of methoxy groups -OCH3 is 1. The molecule has 7 nitrogen and oxygen atoms in total. The lowest BCUT2D eigenvalue weighted by atomic mass is 9.96. The predicted octanol–water partition coefficient (Wildman–Crippen LogP) is 5.14. The summed E-state index contributed by atoms with van der Waals surface area (Å²) in [7, 11) is 1.58. The molecular formula is C25H20N2O5S. The quantitative estimate of drug-likeness (QED) is 0.257. The van der Waals surface area contributed by atoms with Crippen LogP contribution >= 0.6 is 11.3 Å². The van der Waals surface area contributed by atoms with Crippen LogP contribution in [0, 0.1) is 13.8 Å². The first-order chi connectivity index (χ1) is 15.9. The summed E-state index contributed by atoms with van der Waals surface area (Å²) in [4.78, 5) is 32.4. The first-order valence-corrected chi connectivity index (χ1v) is 11.1. The van der Waals surface area contributed by atoms with Crippen LogP contribution in [0.2, 0.25) is 0 Å². The third kappa shape index (κ3) is 3.39. The average Bonchev–Trinajstić information content (AvgIpc) is 3.53. The number of anilines is 1. The minimum atomic E-state index is -0.942. The van der Waals surface area contributed by atoms with E-state index in [1.807, 2.05) is 32.0 Å². The molecule has 0 saturated carbocycles. The van der Waals surface area contributed by atoms with Crippen LogP contribution in [0.15, 0.2) is 64.8 Å². The Labute approximate surface area is 193 Å². The molecule has 166 valence electrons. The van der Waals surface area contributed by atoms with E-state index in [2.05, 4.69) is 4.98 Å². The second kappa shape index (κ2) is 7.90. The lowest BCUT2D eigenvalue weighted by Crippen LogP contribution is -2.29. The van der Waals surface area contributed by atoms with Gasteiger partial charge in [-0.25, -0.2) is 4.98 Å². The number of ether oxygens (including phenoxy) is 1. The van der Waals surface area contributed by atoms with E-state index >= 15 is 0 Å². The van der Waals surface area contributed by atoms with Crippen molar-refractivity contribution in [2.24, 2.45) is 0 Å². The van der Waals surface area contributed by atoms with Gasteiger partial charge in [-0.2, -0.15) is 0 Å². The van der Waals surface area contributed by atoms with Crippen molar-refractivity contribution in [3.05, 3.63) is 82.8 Å². The van der Waals surface area contributed by atoms with Crippen LogP contribution in [0.5, 0.6) is 5.75 Å². The second-order valence-electron chi connectivity index (χ2n) is 7.83. The molecule has 0 spiro atoms. The van der Waals surface area contributed by atoms with Gasteiger partial charge in [0.05, 0.1) is 29.2 Å². The molecule has 1 unspecified atom stereocenters. The minimum Gasteiger partial charge on any atom is -0.507 e. The summed E-state index contributed by atoms with van der Waals surface area (Å²) in [6.07, 6.45) is 1.47. The Morgan fingerprint density at radius 2 is 1.97 bits per heavy atom. The lowest BCUT2D eigenvalue weighted by molar-refractivity contribution is -0.132. The maximum Gasteiger partial charge on any atom is 0.302 e. The van der Waals surface area contributed by atoms with Gasteiger partial charge in [0.1, 0.15) is 23.3 Å². The number of thiazole rings is 1. The molecule has 1 atom stereocenters. The minimum absolute atomic E-state index is 0.0273. The van der Waals surface area contributed by atoms with Crippen molar-refractivity contribution < 1.29 is 23.8 Å². The van der Waals surface area contributed by atoms with Crippen LogP contribution in [0.3, 0.4) is 0 Å². The third-order valence-corrected chi connectivity index (χ3v) is 6.71. The number of hydrogen-bond donors (Lipinski definition) is 1. The van der Waals surface area contributed by atoms with Crippen molar-refractivity contribution in [2.45, 2.75) is 19.9 Å². The maximum absolute atomic E-state index is 13.2. The Balaban J connectivity index is 1.72. The highest BCUT2D eigenvalue weighted by Crippen LogP contribution is 2.45. The van der Waals surface area contributed by atoms with E-state index in [9.17, 15) is 14.7 Å². The fourth-order valence-corrected chi connectivity index (χ4v) is 5.03. The van der Waals surface area contributed by atoms with Crippen molar-refractivity contribution in [3.63, 3.8) is 0 Å².